The summed E-state index contributed by atoms with van der Waals surface area (Å²) >= 11 is 6.00. The largest absolute Gasteiger partial charge is 0.480 e. The van der Waals surface area contributed by atoms with Gasteiger partial charge in [0.1, 0.15) is 11.8 Å². The zero-order valence-corrected chi connectivity index (χ0v) is 17.7. The van der Waals surface area contributed by atoms with Gasteiger partial charge in [0.05, 0.1) is 10.6 Å². The predicted molar refractivity (Wildman–Crippen MR) is 120 cm³/mol. The summed E-state index contributed by atoms with van der Waals surface area (Å²) in [7, 11) is 0. The summed E-state index contributed by atoms with van der Waals surface area (Å²) < 4.78 is 5.23. The number of carbonyl (C=O) groups excluding carboxylic acids is 2. The first kappa shape index (κ1) is 22.8. The van der Waals surface area contributed by atoms with Crippen LogP contribution in [0.25, 0.3) is 0 Å². The molecular weight excluding hydrogens is 432 g/mol. The van der Waals surface area contributed by atoms with Gasteiger partial charge in [-0.2, -0.15) is 0 Å². The average molecular weight is 453 g/mol. The fourth-order valence-corrected chi connectivity index (χ4v) is 3.15. The second-order valence-electron chi connectivity index (χ2n) is 6.92. The maximum absolute atomic E-state index is 12.4. The van der Waals surface area contributed by atoms with Crippen LogP contribution in [-0.2, 0) is 17.8 Å². The Morgan fingerprint density at radius 3 is 2.19 bits per heavy atom. The molecule has 0 heterocycles. The first-order valence-electron chi connectivity index (χ1n) is 9.79. The molecule has 0 aliphatic carbocycles. The van der Waals surface area contributed by atoms with Gasteiger partial charge in [0.2, 0.25) is 0 Å². The molecule has 7 nitrogen and oxygen atoms in total. The van der Waals surface area contributed by atoms with E-state index in [2.05, 4.69) is 10.6 Å². The molecule has 2 amide bonds. The monoisotopic (exact) mass is 452 g/mol. The van der Waals surface area contributed by atoms with Crippen molar-refractivity contribution in [1.29, 1.82) is 0 Å². The third kappa shape index (κ3) is 6.58. The molecule has 3 aromatic rings. The number of nitrogens with one attached hydrogen (secondary N) is 2. The van der Waals surface area contributed by atoms with E-state index in [1.54, 1.807) is 42.5 Å². The molecule has 0 saturated carbocycles. The Labute approximate surface area is 190 Å². The van der Waals surface area contributed by atoms with Crippen molar-refractivity contribution in [2.75, 3.05) is 0 Å². The summed E-state index contributed by atoms with van der Waals surface area (Å²) in [5.41, 5.74) is 1.79. The number of hydrogen-bond acceptors (Lipinski definition) is 4. The Kier molecular flexibility index (Phi) is 7.83. The molecule has 0 aliphatic rings. The number of hydrogen-bond donors (Lipinski definition) is 3. The van der Waals surface area contributed by atoms with Crippen LogP contribution in [0.4, 0.5) is 4.79 Å². The topological polar surface area (TPSA) is 105 Å². The lowest BCUT2D eigenvalue weighted by Gasteiger charge is -2.15. The number of halogens is 1. The van der Waals surface area contributed by atoms with Crippen molar-refractivity contribution in [3.63, 3.8) is 0 Å². The lowest BCUT2D eigenvalue weighted by Crippen LogP contribution is -2.42. The minimum absolute atomic E-state index is 0.0476. The van der Waals surface area contributed by atoms with Gasteiger partial charge in [-0.25, -0.2) is 9.59 Å². The van der Waals surface area contributed by atoms with E-state index < -0.39 is 24.0 Å². The summed E-state index contributed by atoms with van der Waals surface area (Å²) in [5, 5.41) is 14.9. The van der Waals surface area contributed by atoms with Gasteiger partial charge >= 0.3 is 12.1 Å². The van der Waals surface area contributed by atoms with E-state index >= 15 is 0 Å². The molecule has 1 atom stereocenters. The molecule has 0 saturated heterocycles. The van der Waals surface area contributed by atoms with Gasteiger partial charge in [0, 0.05) is 13.0 Å². The average Bonchev–Trinajstić information content (AvgIpc) is 2.79. The van der Waals surface area contributed by atoms with Crippen LogP contribution in [-0.4, -0.2) is 29.1 Å². The molecule has 1 unspecified atom stereocenters. The fourth-order valence-electron chi connectivity index (χ4n) is 2.92. The maximum atomic E-state index is 12.4. The minimum Gasteiger partial charge on any atom is -0.480 e. The van der Waals surface area contributed by atoms with Gasteiger partial charge in [0.25, 0.3) is 5.91 Å². The number of benzene rings is 3. The highest BCUT2D eigenvalue weighted by Gasteiger charge is 2.22. The number of carboxylic acid groups (broad SMARTS) is 1. The van der Waals surface area contributed by atoms with E-state index in [0.717, 1.165) is 5.56 Å². The second-order valence-corrected chi connectivity index (χ2v) is 7.33. The molecule has 164 valence electrons. The van der Waals surface area contributed by atoms with Gasteiger partial charge in [-0.05, 0) is 35.4 Å². The van der Waals surface area contributed by atoms with Crippen molar-refractivity contribution in [3.05, 3.63) is 101 Å². The van der Waals surface area contributed by atoms with E-state index in [4.69, 9.17) is 16.3 Å². The maximum Gasteiger partial charge on any atom is 0.412 e. The van der Waals surface area contributed by atoms with Crippen LogP contribution in [0.5, 0.6) is 5.75 Å². The van der Waals surface area contributed by atoms with Gasteiger partial charge in [0.15, 0.2) is 0 Å². The van der Waals surface area contributed by atoms with Gasteiger partial charge in [-0.1, -0.05) is 66.2 Å². The third-order valence-corrected chi connectivity index (χ3v) is 4.90. The van der Waals surface area contributed by atoms with Crippen molar-refractivity contribution in [2.45, 2.75) is 19.0 Å². The first-order valence-corrected chi connectivity index (χ1v) is 10.2. The number of aliphatic carboxylic acids is 1. The molecule has 32 heavy (non-hydrogen) atoms. The summed E-state index contributed by atoms with van der Waals surface area (Å²) in [5.74, 6) is -1.43. The zero-order chi connectivity index (χ0) is 22.9. The Hall–Kier alpha value is -3.84. The second kappa shape index (κ2) is 11.0. The van der Waals surface area contributed by atoms with Crippen LogP contribution >= 0.6 is 11.6 Å². The van der Waals surface area contributed by atoms with Crippen molar-refractivity contribution >= 4 is 29.6 Å². The molecule has 3 aromatic carbocycles. The molecule has 0 aliphatic heterocycles. The van der Waals surface area contributed by atoms with E-state index in [1.807, 2.05) is 30.3 Å². The number of rotatable bonds is 8. The minimum atomic E-state index is -1.17. The van der Waals surface area contributed by atoms with Gasteiger partial charge in [-0.15, -0.1) is 0 Å². The molecule has 0 bridgehead atoms. The van der Waals surface area contributed by atoms with E-state index in [1.165, 1.54) is 6.07 Å². The summed E-state index contributed by atoms with van der Waals surface area (Å²) in [6, 6.07) is 21.1. The number of carbonyl (C=O) groups is 3. The Morgan fingerprint density at radius 1 is 0.875 bits per heavy atom. The van der Waals surface area contributed by atoms with Crippen LogP contribution < -0.4 is 15.4 Å². The number of carboxylic acids is 1. The van der Waals surface area contributed by atoms with Crippen molar-refractivity contribution < 1.29 is 24.2 Å². The Morgan fingerprint density at radius 2 is 1.53 bits per heavy atom. The van der Waals surface area contributed by atoms with Crippen LogP contribution in [0.15, 0.2) is 78.9 Å². The van der Waals surface area contributed by atoms with Crippen molar-refractivity contribution in [1.82, 2.24) is 10.6 Å². The highest BCUT2D eigenvalue weighted by Crippen LogP contribution is 2.17. The molecule has 3 N–H and O–H groups in total. The zero-order valence-electron chi connectivity index (χ0n) is 17.0. The Bertz CT molecular complexity index is 1090. The standard InChI is InChI=1S/C24H21ClN2O5/c25-20-9-5-4-8-19(20)22(28)27-21(23(29)30)14-16-10-12-18(13-11-16)32-24(31)26-15-17-6-2-1-3-7-17/h1-13,21H,14-15H2,(H,26,31)(H,27,28)(H,29,30). The highest BCUT2D eigenvalue weighted by atomic mass is 35.5. The number of amides is 2. The Balaban J connectivity index is 1.55. The van der Waals surface area contributed by atoms with Crippen LogP contribution in [0, 0.1) is 0 Å². The number of ether oxygens (including phenoxy) is 1. The lowest BCUT2D eigenvalue weighted by molar-refractivity contribution is -0.139. The van der Waals surface area contributed by atoms with Gasteiger partial charge < -0.3 is 20.5 Å². The third-order valence-electron chi connectivity index (χ3n) is 4.58. The van der Waals surface area contributed by atoms with Crippen LogP contribution in [0.1, 0.15) is 21.5 Å². The van der Waals surface area contributed by atoms with E-state index in [-0.39, 0.29) is 17.0 Å². The first-order chi connectivity index (χ1) is 15.4. The van der Waals surface area contributed by atoms with Crippen molar-refractivity contribution in [3.8, 4) is 5.75 Å². The fraction of sp³-hybridized carbons (Fsp3) is 0.125. The van der Waals surface area contributed by atoms with E-state index in [9.17, 15) is 19.5 Å². The molecule has 0 radical (unpaired) electrons. The van der Waals surface area contributed by atoms with Crippen molar-refractivity contribution in [2.24, 2.45) is 0 Å². The smallest absolute Gasteiger partial charge is 0.412 e. The molecule has 0 aromatic heterocycles. The van der Waals surface area contributed by atoms with Crippen LogP contribution in [0.2, 0.25) is 5.02 Å². The summed E-state index contributed by atoms with van der Waals surface area (Å²) in [6.45, 7) is 0.336. The lowest BCUT2D eigenvalue weighted by atomic mass is 10.1. The van der Waals surface area contributed by atoms with Crippen LogP contribution in [0.3, 0.4) is 0 Å². The summed E-state index contributed by atoms with van der Waals surface area (Å²) in [4.78, 5) is 36.0. The molecule has 0 spiro atoms. The predicted octanol–water partition coefficient (Wildman–Crippen LogP) is 4.05. The molecular formula is C24H21ClN2O5. The van der Waals surface area contributed by atoms with E-state index in [0.29, 0.717) is 17.9 Å². The molecule has 3 rings (SSSR count). The quantitative estimate of drug-likeness (QED) is 0.478. The normalized spacial score (nSPS) is 11.3. The van der Waals surface area contributed by atoms with Gasteiger partial charge in [-0.3, -0.25) is 4.79 Å². The molecule has 0 fully saturated rings. The summed E-state index contributed by atoms with van der Waals surface area (Å²) in [6.07, 6.45) is -0.552. The SMILES string of the molecule is O=C(NCc1ccccc1)Oc1ccc(CC(NC(=O)c2ccccc2Cl)C(=O)O)cc1. The molecule has 8 heteroatoms. The highest BCUT2D eigenvalue weighted by molar-refractivity contribution is 6.33.